The van der Waals surface area contributed by atoms with Gasteiger partial charge in [-0.1, -0.05) is 39.8 Å². The number of fused-ring (bicyclic) bond motifs is 3. The van der Waals surface area contributed by atoms with Crippen LogP contribution in [0.1, 0.15) is 52.5 Å². The molecule has 0 radical (unpaired) electrons. The van der Waals surface area contributed by atoms with Gasteiger partial charge in [0.15, 0.2) is 0 Å². The Kier molecular flexibility index (Phi) is 9.18. The van der Waals surface area contributed by atoms with Gasteiger partial charge in [0.2, 0.25) is 23.6 Å². The third kappa shape index (κ3) is 6.72. The molecule has 2 unspecified atom stereocenters. The Morgan fingerprint density at radius 1 is 1.14 bits per heavy atom. The second-order valence-electron chi connectivity index (χ2n) is 12.5. The summed E-state index contributed by atoms with van der Waals surface area (Å²) in [4.78, 5) is 68.1. The second-order valence-corrected chi connectivity index (χ2v) is 12.5. The predicted octanol–water partition coefficient (Wildman–Crippen LogP) is 1.21. The minimum absolute atomic E-state index is 0.0123. The Bertz CT molecular complexity index is 1280. The summed E-state index contributed by atoms with van der Waals surface area (Å²) in [5.74, 6) is -3.90. The van der Waals surface area contributed by atoms with Crippen molar-refractivity contribution in [3.05, 3.63) is 35.6 Å². The molecule has 4 amide bonds. The first-order valence-electron chi connectivity index (χ1n) is 14.3. The minimum atomic E-state index is -1.19. The van der Waals surface area contributed by atoms with Crippen LogP contribution in [0.25, 0.3) is 0 Å². The van der Waals surface area contributed by atoms with Gasteiger partial charge in [0, 0.05) is 17.9 Å². The molecule has 1 aromatic rings. The summed E-state index contributed by atoms with van der Waals surface area (Å²) in [5.41, 5.74) is -0.588. The van der Waals surface area contributed by atoms with Gasteiger partial charge in [-0.3, -0.25) is 19.2 Å². The topological polar surface area (TPSA) is 158 Å². The first-order valence-corrected chi connectivity index (χ1v) is 14.3. The van der Waals surface area contributed by atoms with Gasteiger partial charge in [-0.05, 0) is 48.8 Å². The molecular weight excluding hydrogens is 545 g/mol. The third-order valence-corrected chi connectivity index (χ3v) is 8.54. The van der Waals surface area contributed by atoms with Crippen LogP contribution in [0.5, 0.6) is 0 Å². The third-order valence-electron chi connectivity index (χ3n) is 8.54. The molecule has 42 heavy (non-hydrogen) atoms. The van der Waals surface area contributed by atoms with Crippen molar-refractivity contribution in [1.29, 1.82) is 5.26 Å². The Morgan fingerprint density at radius 2 is 1.83 bits per heavy atom. The van der Waals surface area contributed by atoms with Crippen molar-refractivity contribution in [2.24, 2.45) is 23.2 Å². The molecule has 3 heterocycles. The van der Waals surface area contributed by atoms with Crippen molar-refractivity contribution < 1.29 is 33.1 Å². The van der Waals surface area contributed by atoms with Crippen LogP contribution in [-0.2, 0) is 35.1 Å². The van der Waals surface area contributed by atoms with E-state index in [1.807, 2.05) is 19.9 Å². The predicted molar refractivity (Wildman–Crippen MR) is 147 cm³/mol. The Labute approximate surface area is 244 Å². The maximum Gasteiger partial charge on any atom is 0.328 e. The highest BCUT2D eigenvalue weighted by Gasteiger charge is 2.49. The zero-order chi connectivity index (χ0) is 30.8. The minimum Gasteiger partial charge on any atom is -0.463 e. The number of hydrogen-bond acceptors (Lipinski definition) is 7. The summed E-state index contributed by atoms with van der Waals surface area (Å²) in [5, 5.41) is 17.9. The number of nitriles is 1. The van der Waals surface area contributed by atoms with Gasteiger partial charge >= 0.3 is 5.97 Å². The maximum absolute atomic E-state index is 14.2. The standard InChI is InChI=1S/C30H38FN5O6/c1-16(2)21-9-10-36-24(21)27(39)33-20(14-32)12-18-13-22(34-26(18)38)29(41)42-15-30(3,4)25(28(36)40)35-23(37)11-17-5-7-19(31)8-6-17/h5-8,16,18,20-22,24-25H,9-13,15H2,1-4H3,(H,33,39)(H,34,38)(H,35,37)/t18-,20?,21?,22+,24+,25-/m1/s1. The number of cyclic esters (lactones) is 1. The van der Waals surface area contributed by atoms with E-state index in [0.29, 0.717) is 12.0 Å². The summed E-state index contributed by atoms with van der Waals surface area (Å²) in [7, 11) is 0. The zero-order valence-corrected chi connectivity index (χ0v) is 24.3. The number of esters is 1. The van der Waals surface area contributed by atoms with Crippen LogP contribution < -0.4 is 16.0 Å². The molecule has 3 N–H and O–H groups in total. The fourth-order valence-electron chi connectivity index (χ4n) is 6.08. The van der Waals surface area contributed by atoms with Crippen molar-refractivity contribution in [2.75, 3.05) is 13.2 Å². The first-order chi connectivity index (χ1) is 19.8. The average molecular weight is 584 g/mol. The fourth-order valence-corrected chi connectivity index (χ4v) is 6.08. The molecule has 0 saturated carbocycles. The lowest BCUT2D eigenvalue weighted by atomic mass is 9.83. The molecule has 2 bridgehead atoms. The number of amides is 4. The second kappa shape index (κ2) is 12.5. The van der Waals surface area contributed by atoms with Gasteiger partial charge in [0.05, 0.1) is 19.1 Å². The van der Waals surface area contributed by atoms with E-state index in [1.54, 1.807) is 13.8 Å². The first kappa shape index (κ1) is 30.9. The van der Waals surface area contributed by atoms with Gasteiger partial charge < -0.3 is 25.6 Å². The van der Waals surface area contributed by atoms with Crippen LogP contribution in [0.15, 0.2) is 24.3 Å². The van der Waals surface area contributed by atoms with Crippen LogP contribution in [0.2, 0.25) is 0 Å². The molecule has 0 spiro atoms. The van der Waals surface area contributed by atoms with Crippen molar-refractivity contribution in [3.8, 4) is 6.07 Å². The summed E-state index contributed by atoms with van der Waals surface area (Å²) >= 11 is 0. The SMILES string of the molecule is CC(C)C1CCN2C(=O)[C@@H](NC(=O)Cc3ccc(F)cc3)C(C)(C)COC(=O)[C@@H]3C[C@@H](CC(C#N)NC(=O)[C@H]12)C(=O)N3. The average Bonchev–Trinajstić information content (AvgIpc) is 3.54. The van der Waals surface area contributed by atoms with E-state index in [0.717, 1.165) is 0 Å². The largest absolute Gasteiger partial charge is 0.463 e. The molecular formula is C30H38FN5O6. The Balaban J connectivity index is 1.69. The lowest BCUT2D eigenvalue weighted by Gasteiger charge is -2.38. The van der Waals surface area contributed by atoms with Crippen LogP contribution >= 0.6 is 0 Å². The molecule has 3 fully saturated rings. The maximum atomic E-state index is 14.2. The lowest BCUT2D eigenvalue weighted by molar-refractivity contribution is -0.154. The van der Waals surface area contributed by atoms with E-state index in [1.165, 1.54) is 29.2 Å². The highest BCUT2D eigenvalue weighted by molar-refractivity contribution is 5.94. The van der Waals surface area contributed by atoms with Crippen molar-refractivity contribution >= 4 is 29.6 Å². The van der Waals surface area contributed by atoms with Gasteiger partial charge in [0.25, 0.3) is 0 Å². The normalized spacial score (nSPS) is 29.9. The van der Waals surface area contributed by atoms with E-state index in [9.17, 15) is 33.6 Å². The number of nitrogens with zero attached hydrogens (tertiary/aromatic N) is 2. The highest BCUT2D eigenvalue weighted by Crippen LogP contribution is 2.34. The number of carbonyl (C=O) groups excluding carboxylic acids is 5. The molecule has 3 saturated heterocycles. The summed E-state index contributed by atoms with van der Waals surface area (Å²) in [6, 6.07) is 3.42. The van der Waals surface area contributed by atoms with Gasteiger partial charge in [-0.25, -0.2) is 9.18 Å². The van der Waals surface area contributed by atoms with E-state index in [4.69, 9.17) is 4.74 Å². The Morgan fingerprint density at radius 3 is 2.48 bits per heavy atom. The summed E-state index contributed by atoms with van der Waals surface area (Å²) in [6.45, 7) is 7.26. The molecule has 226 valence electrons. The number of ether oxygens (including phenoxy) is 1. The number of halogens is 1. The molecule has 0 aliphatic carbocycles. The number of rotatable bonds is 4. The van der Waals surface area contributed by atoms with Gasteiger partial charge in [0.1, 0.15) is 30.0 Å². The van der Waals surface area contributed by atoms with E-state index in [-0.39, 0.29) is 44.2 Å². The fraction of sp³-hybridized carbons (Fsp3) is 0.600. The van der Waals surface area contributed by atoms with Crippen molar-refractivity contribution in [1.82, 2.24) is 20.9 Å². The van der Waals surface area contributed by atoms with Crippen LogP contribution in [0, 0.1) is 40.3 Å². The number of hydrogen-bond donors (Lipinski definition) is 3. The molecule has 11 nitrogen and oxygen atoms in total. The quantitative estimate of drug-likeness (QED) is 0.450. The number of benzene rings is 1. The molecule has 4 rings (SSSR count). The molecule has 0 aromatic heterocycles. The Hall–Kier alpha value is -4.01. The van der Waals surface area contributed by atoms with Crippen molar-refractivity contribution in [3.63, 3.8) is 0 Å². The van der Waals surface area contributed by atoms with Crippen LogP contribution in [-0.4, -0.2) is 71.8 Å². The number of carbonyl (C=O) groups is 5. The smallest absolute Gasteiger partial charge is 0.328 e. The van der Waals surface area contributed by atoms with Gasteiger partial charge in [-0.15, -0.1) is 0 Å². The van der Waals surface area contributed by atoms with E-state index in [2.05, 4.69) is 16.0 Å². The van der Waals surface area contributed by atoms with Crippen molar-refractivity contribution in [2.45, 2.75) is 77.5 Å². The lowest BCUT2D eigenvalue weighted by Crippen LogP contribution is -2.61. The molecule has 6 atom stereocenters. The molecule has 1 aromatic carbocycles. The van der Waals surface area contributed by atoms with E-state index >= 15 is 0 Å². The van der Waals surface area contributed by atoms with Crippen LogP contribution in [0.3, 0.4) is 0 Å². The molecule has 12 heteroatoms. The summed E-state index contributed by atoms with van der Waals surface area (Å²) < 4.78 is 19.0. The number of nitrogens with one attached hydrogen (secondary N) is 3. The van der Waals surface area contributed by atoms with Gasteiger partial charge in [-0.2, -0.15) is 5.26 Å². The molecule has 3 aliphatic rings. The van der Waals surface area contributed by atoms with Crippen LogP contribution in [0.4, 0.5) is 4.39 Å². The summed E-state index contributed by atoms with van der Waals surface area (Å²) in [6.07, 6.45) is 0.528. The monoisotopic (exact) mass is 583 g/mol. The highest BCUT2D eigenvalue weighted by atomic mass is 19.1. The zero-order valence-electron chi connectivity index (χ0n) is 24.3. The molecule has 3 aliphatic heterocycles. The van der Waals surface area contributed by atoms with E-state index < -0.39 is 70.9 Å².